The molecular formula is C27H32N6S. The number of aromatic nitrogens is 3. The molecule has 0 bridgehead atoms. The Morgan fingerprint density at radius 1 is 1.06 bits per heavy atom. The first-order valence-corrected chi connectivity index (χ1v) is 12.4. The number of nitrogens with zero attached hydrogens (tertiary/aromatic N) is 5. The van der Waals surface area contributed by atoms with E-state index in [0.717, 1.165) is 35.7 Å². The van der Waals surface area contributed by atoms with Crippen LogP contribution in [0.1, 0.15) is 18.4 Å². The molecule has 1 aliphatic heterocycles. The molecule has 1 saturated heterocycles. The number of piperidine rings is 1. The fourth-order valence-corrected chi connectivity index (χ4v) is 4.75. The minimum atomic E-state index is 0.717. The molecule has 0 atom stereocenters. The first-order chi connectivity index (χ1) is 16.6. The lowest BCUT2D eigenvalue weighted by atomic mass is 10.0. The molecule has 7 heteroatoms. The standard InChI is InChI=1S/C14H21N3.C13H11N3S/c1-4-12-5-8-15-14(11-12)17-9-6-13(7-10-17)16(2)3;1-14-13-5-11-4-9(12-7-15-8-17-12)2-3-10(11)6-16-13/h4-5,8,11,13H,1,6-7,9-10H2,2-3H3;2-8H,1H3,(H,14,16). The van der Waals surface area contributed by atoms with Crippen molar-refractivity contribution in [2.45, 2.75) is 18.9 Å². The van der Waals surface area contributed by atoms with Crippen molar-refractivity contribution in [2.75, 3.05) is 44.4 Å². The Balaban J connectivity index is 0.000000161. The van der Waals surface area contributed by atoms with E-state index in [2.05, 4.69) is 81.1 Å². The second kappa shape index (κ2) is 11.2. The molecule has 3 aromatic heterocycles. The van der Waals surface area contributed by atoms with Crippen molar-refractivity contribution >= 4 is 39.8 Å². The molecule has 0 radical (unpaired) electrons. The van der Waals surface area contributed by atoms with E-state index < -0.39 is 0 Å². The van der Waals surface area contributed by atoms with Gasteiger partial charge in [0.1, 0.15) is 11.6 Å². The van der Waals surface area contributed by atoms with Gasteiger partial charge in [-0.05, 0) is 67.7 Å². The van der Waals surface area contributed by atoms with Crippen molar-refractivity contribution in [1.82, 2.24) is 19.9 Å². The molecule has 6 nitrogen and oxygen atoms in total. The van der Waals surface area contributed by atoms with E-state index in [4.69, 9.17) is 0 Å². The van der Waals surface area contributed by atoms with Crippen LogP contribution >= 0.6 is 11.3 Å². The Bertz CT molecular complexity index is 1210. The zero-order chi connectivity index (χ0) is 23.9. The average Bonchev–Trinajstić information content (AvgIpc) is 3.44. The van der Waals surface area contributed by atoms with E-state index in [9.17, 15) is 0 Å². The Kier molecular flexibility index (Phi) is 7.87. The van der Waals surface area contributed by atoms with Gasteiger partial charge >= 0.3 is 0 Å². The number of pyridine rings is 2. The Labute approximate surface area is 206 Å². The molecule has 1 fully saturated rings. The number of nitrogens with one attached hydrogen (secondary N) is 1. The number of hydrogen-bond donors (Lipinski definition) is 1. The van der Waals surface area contributed by atoms with Crippen LogP contribution in [0.25, 0.3) is 27.3 Å². The molecule has 0 amide bonds. The first-order valence-electron chi connectivity index (χ1n) is 11.5. The van der Waals surface area contributed by atoms with Gasteiger partial charge in [0.2, 0.25) is 0 Å². The Hall–Kier alpha value is -3.29. The van der Waals surface area contributed by atoms with Crippen LogP contribution in [-0.2, 0) is 0 Å². The molecular weight excluding hydrogens is 440 g/mol. The number of thiazole rings is 1. The highest BCUT2D eigenvalue weighted by atomic mass is 32.1. The predicted octanol–water partition coefficient (Wildman–Crippen LogP) is 5.66. The molecule has 0 spiro atoms. The second-order valence-corrected chi connectivity index (χ2v) is 9.47. The number of benzene rings is 1. The zero-order valence-electron chi connectivity index (χ0n) is 20.1. The molecule has 1 aliphatic rings. The topological polar surface area (TPSA) is 57.2 Å². The first kappa shape index (κ1) is 23.9. The largest absolute Gasteiger partial charge is 0.373 e. The van der Waals surface area contributed by atoms with Crippen LogP contribution in [0.5, 0.6) is 0 Å². The zero-order valence-corrected chi connectivity index (χ0v) is 20.9. The molecule has 0 unspecified atom stereocenters. The molecule has 1 aromatic carbocycles. The average molecular weight is 473 g/mol. The summed E-state index contributed by atoms with van der Waals surface area (Å²) >= 11 is 1.65. The second-order valence-electron chi connectivity index (χ2n) is 8.58. The van der Waals surface area contributed by atoms with Gasteiger partial charge in [-0.2, -0.15) is 0 Å². The van der Waals surface area contributed by atoms with Gasteiger partial charge in [0, 0.05) is 50.2 Å². The van der Waals surface area contributed by atoms with Crippen LogP contribution < -0.4 is 10.2 Å². The summed E-state index contributed by atoms with van der Waals surface area (Å²) in [5.41, 5.74) is 4.20. The van der Waals surface area contributed by atoms with Gasteiger partial charge in [-0.1, -0.05) is 24.8 Å². The lowest BCUT2D eigenvalue weighted by Crippen LogP contribution is -2.42. The van der Waals surface area contributed by atoms with E-state index in [1.165, 1.54) is 28.7 Å². The minimum Gasteiger partial charge on any atom is -0.373 e. The van der Waals surface area contributed by atoms with Gasteiger partial charge in [-0.25, -0.2) is 9.97 Å². The van der Waals surface area contributed by atoms with Gasteiger partial charge in [0.15, 0.2) is 0 Å². The molecule has 4 aromatic rings. The summed E-state index contributed by atoms with van der Waals surface area (Å²) in [6, 6.07) is 13.2. The van der Waals surface area contributed by atoms with Crippen molar-refractivity contribution in [3.8, 4) is 10.4 Å². The van der Waals surface area contributed by atoms with Crippen LogP contribution in [0.2, 0.25) is 0 Å². The predicted molar refractivity (Wildman–Crippen MR) is 146 cm³/mol. The normalized spacial score (nSPS) is 14.1. The highest BCUT2D eigenvalue weighted by Crippen LogP contribution is 2.27. The maximum absolute atomic E-state index is 4.45. The van der Waals surface area contributed by atoms with Gasteiger partial charge in [-0.15, -0.1) is 11.3 Å². The maximum atomic E-state index is 4.45. The third kappa shape index (κ3) is 5.79. The monoisotopic (exact) mass is 472 g/mol. The summed E-state index contributed by atoms with van der Waals surface area (Å²) in [5, 5.41) is 5.39. The van der Waals surface area contributed by atoms with Crippen LogP contribution in [0, 0.1) is 0 Å². The van der Waals surface area contributed by atoms with E-state index in [0.29, 0.717) is 6.04 Å². The minimum absolute atomic E-state index is 0.717. The van der Waals surface area contributed by atoms with Crippen molar-refractivity contribution in [2.24, 2.45) is 0 Å². The van der Waals surface area contributed by atoms with Crippen LogP contribution in [-0.4, -0.2) is 60.1 Å². The number of rotatable bonds is 5. The number of anilines is 2. The molecule has 34 heavy (non-hydrogen) atoms. The fraction of sp³-hybridized carbons (Fsp3) is 0.296. The van der Waals surface area contributed by atoms with Crippen molar-refractivity contribution in [3.63, 3.8) is 0 Å². The summed E-state index contributed by atoms with van der Waals surface area (Å²) in [7, 11) is 6.20. The summed E-state index contributed by atoms with van der Waals surface area (Å²) in [6.45, 7) is 5.99. The Morgan fingerprint density at radius 3 is 2.56 bits per heavy atom. The summed E-state index contributed by atoms with van der Waals surface area (Å²) < 4.78 is 0. The number of hydrogen-bond acceptors (Lipinski definition) is 7. The third-order valence-corrected chi connectivity index (χ3v) is 7.04. The van der Waals surface area contributed by atoms with Gasteiger partial charge in [0.05, 0.1) is 10.4 Å². The van der Waals surface area contributed by atoms with Crippen LogP contribution in [0.3, 0.4) is 0 Å². The maximum Gasteiger partial charge on any atom is 0.129 e. The summed E-state index contributed by atoms with van der Waals surface area (Å²) in [6.07, 6.45) is 9.95. The molecule has 4 heterocycles. The molecule has 176 valence electrons. The van der Waals surface area contributed by atoms with Crippen molar-refractivity contribution < 1.29 is 0 Å². The van der Waals surface area contributed by atoms with E-state index in [1.807, 2.05) is 43.3 Å². The lowest BCUT2D eigenvalue weighted by molar-refractivity contribution is 0.249. The SMILES string of the molecule is C=Cc1ccnc(N2CCC(N(C)C)CC2)c1.CNc1cc2cc(-c3cncs3)ccc2cn1. The third-order valence-electron chi connectivity index (χ3n) is 6.22. The highest BCUT2D eigenvalue weighted by molar-refractivity contribution is 7.13. The fourth-order valence-electron chi connectivity index (χ4n) is 4.13. The van der Waals surface area contributed by atoms with E-state index in [-0.39, 0.29) is 0 Å². The smallest absolute Gasteiger partial charge is 0.129 e. The van der Waals surface area contributed by atoms with Gasteiger partial charge in [-0.3, -0.25) is 4.98 Å². The van der Waals surface area contributed by atoms with Crippen molar-refractivity contribution in [1.29, 1.82) is 0 Å². The quantitative estimate of drug-likeness (QED) is 0.405. The van der Waals surface area contributed by atoms with E-state index in [1.54, 1.807) is 11.3 Å². The van der Waals surface area contributed by atoms with E-state index >= 15 is 0 Å². The Morgan fingerprint density at radius 2 is 1.88 bits per heavy atom. The molecule has 0 aliphatic carbocycles. The van der Waals surface area contributed by atoms with Gasteiger partial charge < -0.3 is 15.1 Å². The summed E-state index contributed by atoms with van der Waals surface area (Å²) in [4.78, 5) is 18.7. The van der Waals surface area contributed by atoms with Crippen LogP contribution in [0.4, 0.5) is 11.6 Å². The van der Waals surface area contributed by atoms with Crippen molar-refractivity contribution in [3.05, 3.63) is 72.6 Å². The lowest BCUT2D eigenvalue weighted by Gasteiger charge is -2.35. The van der Waals surface area contributed by atoms with Crippen LogP contribution in [0.15, 0.2) is 67.1 Å². The number of fused-ring (bicyclic) bond motifs is 1. The molecule has 0 saturated carbocycles. The summed E-state index contributed by atoms with van der Waals surface area (Å²) in [5.74, 6) is 1.97. The molecule has 5 rings (SSSR count). The highest BCUT2D eigenvalue weighted by Gasteiger charge is 2.21. The molecule has 1 N–H and O–H groups in total. The van der Waals surface area contributed by atoms with Gasteiger partial charge in [0.25, 0.3) is 0 Å².